The second kappa shape index (κ2) is 11.5. The summed E-state index contributed by atoms with van der Waals surface area (Å²) in [6, 6.07) is 60.9. The topological polar surface area (TPSA) is 38.4 Å². The molecule has 0 bridgehead atoms. The molecule has 53 heavy (non-hydrogen) atoms. The van der Waals surface area contributed by atoms with Gasteiger partial charge < -0.3 is 9.47 Å². The van der Waals surface area contributed by atoms with Gasteiger partial charge in [0.05, 0.1) is 33.8 Å². The first-order valence-electron chi connectivity index (χ1n) is 18.1. The van der Waals surface area contributed by atoms with Crippen molar-refractivity contribution < 1.29 is 0 Å². The lowest BCUT2D eigenvalue weighted by Crippen LogP contribution is -2.35. The van der Waals surface area contributed by atoms with Crippen LogP contribution in [0.5, 0.6) is 0 Å². The first-order valence-corrected chi connectivity index (χ1v) is 18.1. The Morgan fingerprint density at radius 3 is 2.06 bits per heavy atom. The van der Waals surface area contributed by atoms with Crippen LogP contribution in [-0.4, -0.2) is 31.9 Å². The quantitative estimate of drug-likeness (QED) is 0.186. The minimum absolute atomic E-state index is 0.0489. The van der Waals surface area contributed by atoms with Crippen LogP contribution in [0.1, 0.15) is 22.7 Å². The number of pyridine rings is 1. The minimum Gasteiger partial charge on any atom is -0.348 e. The Balaban J connectivity index is 1.12. The number of benzene rings is 7. The van der Waals surface area contributed by atoms with E-state index in [1.54, 1.807) is 0 Å². The van der Waals surface area contributed by atoms with E-state index in [0.717, 1.165) is 39.6 Å². The van der Waals surface area contributed by atoms with E-state index < -0.39 is 0 Å². The molecule has 4 heterocycles. The highest BCUT2D eigenvalue weighted by molar-refractivity contribution is 6.25. The third-order valence-corrected chi connectivity index (χ3v) is 11.0. The van der Waals surface area contributed by atoms with E-state index in [-0.39, 0.29) is 6.04 Å². The molecular formula is C48H33N5. The van der Waals surface area contributed by atoms with Crippen molar-refractivity contribution in [2.75, 3.05) is 7.05 Å². The molecule has 0 fully saturated rings. The third kappa shape index (κ3) is 4.44. The van der Waals surface area contributed by atoms with Crippen LogP contribution >= 0.6 is 0 Å². The Labute approximate surface area is 306 Å². The van der Waals surface area contributed by atoms with Crippen LogP contribution in [0.25, 0.3) is 65.9 Å². The Bertz CT molecular complexity index is 3060. The highest BCUT2D eigenvalue weighted by atomic mass is 15.2. The van der Waals surface area contributed by atoms with Crippen LogP contribution in [0.2, 0.25) is 0 Å². The van der Waals surface area contributed by atoms with Gasteiger partial charge in [-0.25, -0.2) is 9.98 Å². The molecule has 0 saturated carbocycles. The summed E-state index contributed by atoms with van der Waals surface area (Å²) in [7, 11) is 2.13. The fourth-order valence-electron chi connectivity index (χ4n) is 8.65. The van der Waals surface area contributed by atoms with E-state index >= 15 is 0 Å². The van der Waals surface area contributed by atoms with Crippen molar-refractivity contribution in [3.05, 3.63) is 193 Å². The SMILES string of the molecule is CN1C(c2ccc(-n3c4ccccc4c4cc5c6c7ccccc7ccc6n(-c6ccccc6)c5cc43)nc2)=Nc2ccccc2C1c1ccccc1. The number of hydrogen-bond acceptors (Lipinski definition) is 3. The first-order chi connectivity index (χ1) is 26.2. The van der Waals surface area contributed by atoms with Gasteiger partial charge in [-0.1, -0.05) is 115 Å². The summed E-state index contributed by atoms with van der Waals surface area (Å²) < 4.78 is 4.72. The van der Waals surface area contributed by atoms with E-state index in [0.29, 0.717) is 0 Å². The molecule has 10 aromatic rings. The second-order valence-electron chi connectivity index (χ2n) is 13.9. The van der Waals surface area contributed by atoms with Gasteiger partial charge >= 0.3 is 0 Å². The molecule has 7 aromatic carbocycles. The molecule has 1 aliphatic rings. The largest absolute Gasteiger partial charge is 0.348 e. The average molecular weight is 680 g/mol. The highest BCUT2D eigenvalue weighted by Gasteiger charge is 2.29. The molecule has 0 saturated heterocycles. The molecule has 1 aliphatic heterocycles. The van der Waals surface area contributed by atoms with E-state index in [4.69, 9.17) is 9.98 Å². The van der Waals surface area contributed by atoms with E-state index in [1.165, 1.54) is 54.5 Å². The van der Waals surface area contributed by atoms with Gasteiger partial charge in [0, 0.05) is 51.6 Å². The fraction of sp³-hybridized carbons (Fsp3) is 0.0417. The van der Waals surface area contributed by atoms with Gasteiger partial charge in [-0.15, -0.1) is 0 Å². The second-order valence-corrected chi connectivity index (χ2v) is 13.9. The molecule has 11 rings (SSSR count). The highest BCUT2D eigenvalue weighted by Crippen LogP contribution is 2.42. The predicted octanol–water partition coefficient (Wildman–Crippen LogP) is 11.5. The molecule has 0 spiro atoms. The number of aliphatic imine (C=N–C) groups is 1. The van der Waals surface area contributed by atoms with Crippen molar-refractivity contribution in [3.8, 4) is 11.5 Å². The van der Waals surface area contributed by atoms with Gasteiger partial charge in [0.2, 0.25) is 0 Å². The number of aromatic nitrogens is 3. The summed E-state index contributed by atoms with van der Waals surface area (Å²) >= 11 is 0. The van der Waals surface area contributed by atoms with Crippen LogP contribution in [0.15, 0.2) is 181 Å². The van der Waals surface area contributed by atoms with Gasteiger partial charge in [0.15, 0.2) is 0 Å². The Morgan fingerprint density at radius 2 is 1.23 bits per heavy atom. The van der Waals surface area contributed by atoms with Gasteiger partial charge in [-0.2, -0.15) is 0 Å². The van der Waals surface area contributed by atoms with Gasteiger partial charge in [0.1, 0.15) is 11.7 Å². The number of amidine groups is 1. The summed E-state index contributed by atoms with van der Waals surface area (Å²) in [5, 5.41) is 7.43. The van der Waals surface area contributed by atoms with Crippen LogP contribution in [0.4, 0.5) is 5.69 Å². The van der Waals surface area contributed by atoms with E-state index in [9.17, 15) is 0 Å². The molecule has 0 N–H and O–H groups in total. The third-order valence-electron chi connectivity index (χ3n) is 11.0. The summed E-state index contributed by atoms with van der Waals surface area (Å²) in [4.78, 5) is 12.6. The minimum atomic E-state index is 0.0489. The maximum atomic E-state index is 5.18. The smallest absolute Gasteiger partial charge is 0.138 e. The fourth-order valence-corrected chi connectivity index (χ4v) is 8.65. The molecular weight excluding hydrogens is 647 g/mol. The van der Waals surface area contributed by atoms with Crippen molar-refractivity contribution >= 4 is 65.9 Å². The Kier molecular flexibility index (Phi) is 6.46. The van der Waals surface area contributed by atoms with Crippen molar-refractivity contribution in [1.29, 1.82) is 0 Å². The molecule has 250 valence electrons. The van der Waals surface area contributed by atoms with Crippen LogP contribution < -0.4 is 0 Å². The van der Waals surface area contributed by atoms with Gasteiger partial charge in [-0.05, 0) is 70.9 Å². The molecule has 0 aliphatic carbocycles. The lowest BCUT2D eigenvalue weighted by atomic mass is 9.93. The average Bonchev–Trinajstić information content (AvgIpc) is 3.72. The van der Waals surface area contributed by atoms with Crippen LogP contribution in [0.3, 0.4) is 0 Å². The molecule has 3 aromatic heterocycles. The lowest BCUT2D eigenvalue weighted by molar-refractivity contribution is 0.422. The maximum Gasteiger partial charge on any atom is 0.138 e. The normalized spacial score (nSPS) is 14.4. The first kappa shape index (κ1) is 29.7. The number of hydrogen-bond donors (Lipinski definition) is 0. The van der Waals surface area contributed by atoms with Crippen LogP contribution in [-0.2, 0) is 0 Å². The van der Waals surface area contributed by atoms with Crippen molar-refractivity contribution in [1.82, 2.24) is 19.0 Å². The molecule has 5 heteroatoms. The summed E-state index contributed by atoms with van der Waals surface area (Å²) in [6.07, 6.45) is 1.98. The number of para-hydroxylation sites is 3. The maximum absolute atomic E-state index is 5.18. The van der Waals surface area contributed by atoms with Gasteiger partial charge in [0.25, 0.3) is 0 Å². The van der Waals surface area contributed by atoms with E-state index in [2.05, 4.69) is 191 Å². The molecule has 0 radical (unpaired) electrons. The Morgan fingerprint density at radius 1 is 0.509 bits per heavy atom. The van der Waals surface area contributed by atoms with Crippen LogP contribution in [0, 0.1) is 0 Å². The number of rotatable bonds is 4. The van der Waals surface area contributed by atoms with E-state index in [1.807, 2.05) is 6.20 Å². The zero-order valence-corrected chi connectivity index (χ0v) is 29.1. The number of nitrogens with zero attached hydrogens (tertiary/aromatic N) is 5. The van der Waals surface area contributed by atoms with Gasteiger partial charge in [-0.3, -0.25) is 4.57 Å². The summed E-state index contributed by atoms with van der Waals surface area (Å²) in [5.74, 6) is 1.77. The zero-order valence-electron chi connectivity index (χ0n) is 29.1. The summed E-state index contributed by atoms with van der Waals surface area (Å²) in [5.41, 5.74) is 10.2. The van der Waals surface area contributed by atoms with Crippen molar-refractivity contribution in [2.24, 2.45) is 4.99 Å². The monoisotopic (exact) mass is 679 g/mol. The standard InChI is InChI=1S/C48H33N5/c1-51-47(32-15-4-2-5-16-32)37-21-10-12-22-40(37)50-48(51)33-25-27-45(49-30-33)53-41-23-13-11-20-36(41)38-28-39-44(29-43(38)53)52(34-17-6-3-7-18-34)42-26-24-31-14-8-9-19-35(31)46(39)42/h2-30,47H,1H3. The molecule has 5 nitrogen and oxygen atoms in total. The zero-order chi connectivity index (χ0) is 35.0. The predicted molar refractivity (Wildman–Crippen MR) is 219 cm³/mol. The number of fused-ring (bicyclic) bond motifs is 9. The lowest BCUT2D eigenvalue weighted by Gasteiger charge is -2.36. The molecule has 0 amide bonds. The molecule has 1 unspecified atom stereocenters. The molecule has 1 atom stereocenters. The Hall–Kier alpha value is -6.98. The van der Waals surface area contributed by atoms with Crippen molar-refractivity contribution in [3.63, 3.8) is 0 Å². The van der Waals surface area contributed by atoms with Crippen molar-refractivity contribution in [2.45, 2.75) is 6.04 Å². The summed E-state index contributed by atoms with van der Waals surface area (Å²) in [6.45, 7) is 0.